The highest BCUT2D eigenvalue weighted by molar-refractivity contribution is 6.30. The number of carbonyl (C=O) groups excluding carboxylic acids is 1. The zero-order valence-electron chi connectivity index (χ0n) is 13.0. The Kier molecular flexibility index (Phi) is 6.44. The van der Waals surface area contributed by atoms with Gasteiger partial charge in [0.25, 0.3) is 0 Å². The van der Waals surface area contributed by atoms with Crippen LogP contribution in [-0.2, 0) is 11.2 Å². The van der Waals surface area contributed by atoms with Gasteiger partial charge in [0.05, 0.1) is 25.7 Å². The first kappa shape index (κ1) is 17.3. The first-order valence-corrected chi connectivity index (χ1v) is 7.87. The van der Waals surface area contributed by atoms with Gasteiger partial charge in [-0.15, -0.1) is 0 Å². The lowest BCUT2D eigenvalue weighted by Gasteiger charge is -2.17. The number of benzene rings is 2. The summed E-state index contributed by atoms with van der Waals surface area (Å²) < 4.78 is 5.43. The number of carbonyl (C=O) groups is 1. The molecule has 2 aromatic carbocycles. The molecule has 122 valence electrons. The summed E-state index contributed by atoms with van der Waals surface area (Å²) in [5.74, 6) is 0.585. The average Bonchev–Trinajstić information content (AvgIpc) is 2.54. The van der Waals surface area contributed by atoms with Crippen LogP contribution in [0.2, 0.25) is 5.02 Å². The van der Waals surface area contributed by atoms with Gasteiger partial charge in [0.1, 0.15) is 5.75 Å². The molecule has 1 atom stereocenters. The average molecular weight is 334 g/mol. The van der Waals surface area contributed by atoms with Gasteiger partial charge in [-0.3, -0.25) is 4.79 Å². The summed E-state index contributed by atoms with van der Waals surface area (Å²) in [6, 6.07) is 14.0. The van der Waals surface area contributed by atoms with Crippen LogP contribution in [0.25, 0.3) is 0 Å². The standard InChI is InChI=1S/C18H20ClNO3/c1-2-23-16-5-3-4-13(10-16)11-18(22)20-17(12-21)14-6-8-15(19)9-7-14/h3-10,17,21H,2,11-12H2,1H3,(H,20,22). The summed E-state index contributed by atoms with van der Waals surface area (Å²) in [7, 11) is 0. The highest BCUT2D eigenvalue weighted by Gasteiger charge is 2.14. The van der Waals surface area contributed by atoms with E-state index in [1.54, 1.807) is 24.3 Å². The lowest BCUT2D eigenvalue weighted by atomic mass is 10.1. The van der Waals surface area contributed by atoms with Crippen molar-refractivity contribution in [2.24, 2.45) is 0 Å². The molecule has 23 heavy (non-hydrogen) atoms. The van der Waals surface area contributed by atoms with Gasteiger partial charge in [0.15, 0.2) is 0 Å². The van der Waals surface area contributed by atoms with Crippen LogP contribution >= 0.6 is 11.6 Å². The third-order valence-electron chi connectivity index (χ3n) is 3.36. The molecule has 0 saturated heterocycles. The molecule has 0 spiro atoms. The Labute approximate surface area is 141 Å². The molecule has 0 aliphatic rings. The fourth-order valence-electron chi connectivity index (χ4n) is 2.27. The molecule has 0 aliphatic heterocycles. The summed E-state index contributed by atoms with van der Waals surface area (Å²) in [6.45, 7) is 2.32. The fraction of sp³-hybridized carbons (Fsp3) is 0.278. The van der Waals surface area contributed by atoms with Crippen LogP contribution in [-0.4, -0.2) is 24.2 Å². The second-order valence-electron chi connectivity index (χ2n) is 5.11. The summed E-state index contributed by atoms with van der Waals surface area (Å²) >= 11 is 5.85. The Morgan fingerprint density at radius 2 is 2.00 bits per heavy atom. The van der Waals surface area contributed by atoms with Crippen LogP contribution in [0.4, 0.5) is 0 Å². The normalized spacial score (nSPS) is 11.8. The number of rotatable bonds is 7. The summed E-state index contributed by atoms with van der Waals surface area (Å²) in [4.78, 5) is 12.2. The molecule has 2 aromatic rings. The van der Waals surface area contributed by atoms with Crippen molar-refractivity contribution in [2.75, 3.05) is 13.2 Å². The number of amides is 1. The van der Waals surface area contributed by atoms with E-state index in [0.29, 0.717) is 11.6 Å². The van der Waals surface area contributed by atoms with Crippen LogP contribution in [0, 0.1) is 0 Å². The van der Waals surface area contributed by atoms with Crippen molar-refractivity contribution in [3.63, 3.8) is 0 Å². The predicted molar refractivity (Wildman–Crippen MR) is 90.7 cm³/mol. The van der Waals surface area contributed by atoms with Crippen molar-refractivity contribution >= 4 is 17.5 Å². The van der Waals surface area contributed by atoms with E-state index in [0.717, 1.165) is 16.9 Å². The molecule has 5 heteroatoms. The Morgan fingerprint density at radius 1 is 1.26 bits per heavy atom. The lowest BCUT2D eigenvalue weighted by Crippen LogP contribution is -2.31. The molecule has 0 heterocycles. The van der Waals surface area contributed by atoms with E-state index in [9.17, 15) is 9.90 Å². The zero-order valence-corrected chi connectivity index (χ0v) is 13.7. The predicted octanol–water partition coefficient (Wildman–Crippen LogP) is 3.13. The molecule has 2 rings (SSSR count). The second-order valence-corrected chi connectivity index (χ2v) is 5.55. The molecule has 2 N–H and O–H groups in total. The molecule has 0 fully saturated rings. The van der Waals surface area contributed by atoms with E-state index in [-0.39, 0.29) is 18.9 Å². The number of ether oxygens (including phenoxy) is 1. The van der Waals surface area contributed by atoms with E-state index >= 15 is 0 Å². The van der Waals surface area contributed by atoms with Gasteiger partial charge >= 0.3 is 0 Å². The molecule has 4 nitrogen and oxygen atoms in total. The molecule has 1 unspecified atom stereocenters. The number of nitrogens with one attached hydrogen (secondary N) is 1. The topological polar surface area (TPSA) is 58.6 Å². The number of halogens is 1. The highest BCUT2D eigenvalue weighted by atomic mass is 35.5. The van der Waals surface area contributed by atoms with Crippen molar-refractivity contribution in [2.45, 2.75) is 19.4 Å². The largest absolute Gasteiger partial charge is 0.494 e. The van der Waals surface area contributed by atoms with E-state index in [2.05, 4.69) is 5.32 Å². The minimum Gasteiger partial charge on any atom is -0.494 e. The van der Waals surface area contributed by atoms with Gasteiger partial charge in [-0.05, 0) is 42.3 Å². The molecule has 0 bridgehead atoms. The molecule has 0 aromatic heterocycles. The maximum atomic E-state index is 12.2. The summed E-state index contributed by atoms with van der Waals surface area (Å²) in [5, 5.41) is 13.0. The fourth-order valence-corrected chi connectivity index (χ4v) is 2.40. The molecule has 1 amide bonds. The van der Waals surface area contributed by atoms with Gasteiger partial charge in [0.2, 0.25) is 5.91 Å². The zero-order chi connectivity index (χ0) is 16.7. The van der Waals surface area contributed by atoms with Crippen LogP contribution in [0.15, 0.2) is 48.5 Å². The Morgan fingerprint density at radius 3 is 2.65 bits per heavy atom. The second kappa shape index (κ2) is 8.56. The van der Waals surface area contributed by atoms with Crippen LogP contribution in [0.1, 0.15) is 24.1 Å². The molecular formula is C18H20ClNO3. The van der Waals surface area contributed by atoms with E-state index in [4.69, 9.17) is 16.3 Å². The van der Waals surface area contributed by atoms with Gasteiger partial charge in [-0.25, -0.2) is 0 Å². The van der Waals surface area contributed by atoms with Gasteiger partial charge in [-0.2, -0.15) is 0 Å². The van der Waals surface area contributed by atoms with Crippen molar-refractivity contribution < 1.29 is 14.6 Å². The third-order valence-corrected chi connectivity index (χ3v) is 3.62. The molecule has 0 saturated carbocycles. The van der Waals surface area contributed by atoms with E-state index in [1.807, 2.05) is 31.2 Å². The van der Waals surface area contributed by atoms with Crippen molar-refractivity contribution in [1.82, 2.24) is 5.32 Å². The van der Waals surface area contributed by atoms with E-state index in [1.165, 1.54) is 0 Å². The van der Waals surface area contributed by atoms with Gasteiger partial charge in [-0.1, -0.05) is 35.9 Å². The quantitative estimate of drug-likeness (QED) is 0.818. The Hall–Kier alpha value is -2.04. The Bertz CT molecular complexity index is 643. The van der Waals surface area contributed by atoms with Crippen molar-refractivity contribution in [3.05, 3.63) is 64.7 Å². The number of aliphatic hydroxyl groups excluding tert-OH is 1. The summed E-state index contributed by atoms with van der Waals surface area (Å²) in [5.41, 5.74) is 1.68. The third kappa shape index (κ3) is 5.27. The monoisotopic (exact) mass is 333 g/mol. The Balaban J connectivity index is 1.99. The number of aliphatic hydroxyl groups is 1. The van der Waals surface area contributed by atoms with Crippen LogP contribution in [0.3, 0.4) is 0 Å². The molecule has 0 radical (unpaired) electrons. The maximum Gasteiger partial charge on any atom is 0.224 e. The summed E-state index contributed by atoms with van der Waals surface area (Å²) in [6.07, 6.45) is 0.227. The van der Waals surface area contributed by atoms with E-state index < -0.39 is 6.04 Å². The van der Waals surface area contributed by atoms with Crippen molar-refractivity contribution in [3.8, 4) is 5.75 Å². The maximum absolute atomic E-state index is 12.2. The van der Waals surface area contributed by atoms with Crippen LogP contribution < -0.4 is 10.1 Å². The molecule has 0 aliphatic carbocycles. The minimum absolute atomic E-state index is 0.160. The number of hydrogen-bond acceptors (Lipinski definition) is 3. The number of hydrogen-bond donors (Lipinski definition) is 2. The first-order chi connectivity index (χ1) is 11.1. The minimum atomic E-state index is -0.449. The smallest absolute Gasteiger partial charge is 0.224 e. The molecular weight excluding hydrogens is 314 g/mol. The lowest BCUT2D eigenvalue weighted by molar-refractivity contribution is -0.121. The van der Waals surface area contributed by atoms with Crippen molar-refractivity contribution in [1.29, 1.82) is 0 Å². The van der Waals surface area contributed by atoms with Gasteiger partial charge < -0.3 is 15.2 Å². The first-order valence-electron chi connectivity index (χ1n) is 7.49. The van der Waals surface area contributed by atoms with Gasteiger partial charge in [0, 0.05) is 5.02 Å². The highest BCUT2D eigenvalue weighted by Crippen LogP contribution is 2.17. The van der Waals surface area contributed by atoms with Crippen LogP contribution in [0.5, 0.6) is 5.75 Å². The SMILES string of the molecule is CCOc1cccc(CC(=O)NC(CO)c2ccc(Cl)cc2)c1.